The summed E-state index contributed by atoms with van der Waals surface area (Å²) in [4.78, 5) is 12.5. The molecule has 0 saturated carbocycles. The van der Waals surface area contributed by atoms with Crippen LogP contribution in [0.25, 0.3) is 0 Å². The van der Waals surface area contributed by atoms with E-state index in [0.29, 0.717) is 24.5 Å². The molecule has 8 heteroatoms. The van der Waals surface area contributed by atoms with Gasteiger partial charge in [0.25, 0.3) is 0 Å². The van der Waals surface area contributed by atoms with Crippen molar-refractivity contribution in [3.8, 4) is 0 Å². The third kappa shape index (κ3) is 3.14. The van der Waals surface area contributed by atoms with Crippen LogP contribution in [-0.2, 0) is 0 Å². The quantitative estimate of drug-likeness (QED) is 0.283. The van der Waals surface area contributed by atoms with Crippen LogP contribution in [0.15, 0.2) is 17.5 Å². The zero-order valence-electron chi connectivity index (χ0n) is 11.6. The minimum Gasteiger partial charge on any atom is -0.409 e. The number of hydrogen-bond acceptors (Lipinski definition) is 7. The Kier molecular flexibility index (Phi) is 4.35. The van der Waals surface area contributed by atoms with Crippen molar-refractivity contribution < 1.29 is 10.3 Å². The van der Waals surface area contributed by atoms with Crippen LogP contribution < -0.4 is 10.6 Å². The van der Waals surface area contributed by atoms with E-state index < -0.39 is 0 Å². The van der Waals surface area contributed by atoms with Gasteiger partial charge in [0.1, 0.15) is 11.5 Å². The number of rotatable bonds is 4. The number of aliphatic hydroxyl groups is 1. The summed E-state index contributed by atoms with van der Waals surface area (Å²) < 4.78 is 0. The van der Waals surface area contributed by atoms with Gasteiger partial charge in [-0.3, -0.25) is 0 Å². The number of anilines is 1. The molecule has 1 aromatic rings. The summed E-state index contributed by atoms with van der Waals surface area (Å²) >= 11 is 0. The van der Waals surface area contributed by atoms with Gasteiger partial charge in [0.15, 0.2) is 5.84 Å². The molecule has 2 unspecified atom stereocenters. The molecule has 2 atom stereocenters. The zero-order valence-corrected chi connectivity index (χ0v) is 11.6. The molecule has 0 spiro atoms. The predicted molar refractivity (Wildman–Crippen MR) is 74.9 cm³/mol. The van der Waals surface area contributed by atoms with Crippen LogP contribution in [0, 0.1) is 0 Å². The second-order valence-electron chi connectivity index (χ2n) is 5.20. The van der Waals surface area contributed by atoms with Crippen LogP contribution in [0.5, 0.6) is 0 Å². The number of hydrogen-bond donors (Lipinski definition) is 3. The Bertz CT molecular complexity index is 475. The Morgan fingerprint density at radius 3 is 2.80 bits per heavy atom. The van der Waals surface area contributed by atoms with Gasteiger partial charge in [-0.15, -0.1) is 0 Å². The normalized spacial score (nSPS) is 23.6. The van der Waals surface area contributed by atoms with E-state index in [1.165, 1.54) is 6.20 Å². The zero-order chi connectivity index (χ0) is 14.7. The maximum absolute atomic E-state index is 9.84. The molecular weight excluding hydrogens is 260 g/mol. The molecule has 4 N–H and O–H groups in total. The minimum atomic E-state index is -0.356. The van der Waals surface area contributed by atoms with Crippen LogP contribution in [-0.4, -0.2) is 70.3 Å². The van der Waals surface area contributed by atoms with Crippen molar-refractivity contribution in [2.24, 2.45) is 10.9 Å². The first kappa shape index (κ1) is 14.5. The van der Waals surface area contributed by atoms with E-state index in [0.717, 1.165) is 6.54 Å². The predicted octanol–water partition coefficient (Wildman–Crippen LogP) is -0.928. The smallest absolute Gasteiger partial charge is 0.190 e. The monoisotopic (exact) mass is 280 g/mol. The molecule has 0 radical (unpaired) electrons. The standard InChI is InChI=1S/C12H20N6O2/c1-17(2)6-8-3-9(19)7-18(8)11-5-14-10(4-15-11)12(13)16-20/h4-5,8-9,19-20H,3,6-7H2,1-2H3,(H2,13,16). The first-order chi connectivity index (χ1) is 9.51. The van der Waals surface area contributed by atoms with Crippen molar-refractivity contribution in [2.75, 3.05) is 32.1 Å². The maximum Gasteiger partial charge on any atom is 0.190 e. The number of nitrogens with two attached hydrogens (primary N) is 1. The Balaban J connectivity index is 2.17. The molecule has 1 saturated heterocycles. The molecule has 0 bridgehead atoms. The summed E-state index contributed by atoms with van der Waals surface area (Å²) in [6.07, 6.45) is 3.39. The van der Waals surface area contributed by atoms with Gasteiger partial charge in [-0.2, -0.15) is 0 Å². The third-order valence-electron chi connectivity index (χ3n) is 3.27. The van der Waals surface area contributed by atoms with Crippen molar-refractivity contribution in [1.82, 2.24) is 14.9 Å². The molecule has 2 heterocycles. The van der Waals surface area contributed by atoms with Crippen LogP contribution in [0.2, 0.25) is 0 Å². The van der Waals surface area contributed by atoms with Crippen molar-refractivity contribution in [3.63, 3.8) is 0 Å². The summed E-state index contributed by atoms with van der Waals surface area (Å²) in [5, 5.41) is 21.3. The summed E-state index contributed by atoms with van der Waals surface area (Å²) in [7, 11) is 3.99. The maximum atomic E-state index is 9.84. The molecule has 2 rings (SSSR count). The number of β-amino-alcohol motifs (C(OH)–C–C–N with tert-alkyl or cyclic N) is 1. The van der Waals surface area contributed by atoms with E-state index in [1.54, 1.807) is 6.20 Å². The van der Waals surface area contributed by atoms with E-state index in [9.17, 15) is 5.11 Å². The SMILES string of the molecule is CN(C)CC1CC(O)CN1c1cnc(C(N)=NO)cn1. The molecule has 1 aliphatic heterocycles. The Morgan fingerprint density at radius 2 is 2.25 bits per heavy atom. The molecule has 8 nitrogen and oxygen atoms in total. The minimum absolute atomic E-state index is 0.0738. The number of oxime groups is 1. The number of amidine groups is 1. The average molecular weight is 280 g/mol. The Morgan fingerprint density at radius 1 is 1.50 bits per heavy atom. The molecule has 110 valence electrons. The van der Waals surface area contributed by atoms with Gasteiger partial charge in [-0.05, 0) is 20.5 Å². The first-order valence-electron chi connectivity index (χ1n) is 6.40. The molecule has 0 aromatic carbocycles. The molecule has 0 amide bonds. The van der Waals surface area contributed by atoms with E-state index in [-0.39, 0.29) is 18.0 Å². The van der Waals surface area contributed by atoms with Crippen molar-refractivity contribution in [1.29, 1.82) is 0 Å². The lowest BCUT2D eigenvalue weighted by atomic mass is 10.2. The summed E-state index contributed by atoms with van der Waals surface area (Å²) in [6, 6.07) is 0.198. The van der Waals surface area contributed by atoms with E-state index in [4.69, 9.17) is 10.9 Å². The fourth-order valence-corrected chi connectivity index (χ4v) is 2.42. The lowest BCUT2D eigenvalue weighted by Crippen LogP contribution is -2.38. The second-order valence-corrected chi connectivity index (χ2v) is 5.20. The third-order valence-corrected chi connectivity index (χ3v) is 3.27. The van der Waals surface area contributed by atoms with Crippen molar-refractivity contribution >= 4 is 11.7 Å². The second kappa shape index (κ2) is 6.02. The van der Waals surface area contributed by atoms with Crippen LogP contribution in [0.3, 0.4) is 0 Å². The highest BCUT2D eigenvalue weighted by molar-refractivity contribution is 5.94. The van der Waals surface area contributed by atoms with E-state index in [2.05, 4.69) is 20.0 Å². The van der Waals surface area contributed by atoms with Crippen molar-refractivity contribution in [2.45, 2.75) is 18.6 Å². The molecule has 0 aliphatic carbocycles. The van der Waals surface area contributed by atoms with Crippen LogP contribution in [0.4, 0.5) is 5.82 Å². The number of likely N-dealkylation sites (N-methyl/N-ethyl adjacent to an activating group) is 1. The van der Waals surface area contributed by atoms with Gasteiger partial charge in [0.2, 0.25) is 0 Å². The fraction of sp³-hybridized carbons (Fsp3) is 0.583. The number of aromatic nitrogens is 2. The summed E-state index contributed by atoms with van der Waals surface area (Å²) in [5.41, 5.74) is 5.77. The molecular formula is C12H20N6O2. The largest absolute Gasteiger partial charge is 0.409 e. The highest BCUT2D eigenvalue weighted by atomic mass is 16.4. The Hall–Kier alpha value is -1.93. The Labute approximate surface area is 117 Å². The van der Waals surface area contributed by atoms with Crippen LogP contribution >= 0.6 is 0 Å². The highest BCUT2D eigenvalue weighted by Crippen LogP contribution is 2.23. The van der Waals surface area contributed by atoms with Gasteiger partial charge in [-0.1, -0.05) is 5.16 Å². The van der Waals surface area contributed by atoms with E-state index >= 15 is 0 Å². The molecule has 1 aliphatic rings. The lowest BCUT2D eigenvalue weighted by molar-refractivity contribution is 0.191. The van der Waals surface area contributed by atoms with Crippen LogP contribution in [0.1, 0.15) is 12.1 Å². The summed E-state index contributed by atoms with van der Waals surface area (Å²) in [6.45, 7) is 1.37. The first-order valence-corrected chi connectivity index (χ1v) is 6.40. The van der Waals surface area contributed by atoms with Gasteiger partial charge in [0, 0.05) is 19.1 Å². The average Bonchev–Trinajstić information content (AvgIpc) is 2.78. The van der Waals surface area contributed by atoms with Crippen molar-refractivity contribution in [3.05, 3.63) is 18.1 Å². The topological polar surface area (TPSA) is 111 Å². The fourth-order valence-electron chi connectivity index (χ4n) is 2.42. The molecule has 1 aromatic heterocycles. The van der Waals surface area contributed by atoms with Gasteiger partial charge in [-0.25, -0.2) is 9.97 Å². The van der Waals surface area contributed by atoms with Gasteiger partial charge >= 0.3 is 0 Å². The van der Waals surface area contributed by atoms with Gasteiger partial charge < -0.3 is 25.8 Å². The molecule has 20 heavy (non-hydrogen) atoms. The number of nitrogens with zero attached hydrogens (tertiary/aromatic N) is 5. The highest BCUT2D eigenvalue weighted by Gasteiger charge is 2.32. The summed E-state index contributed by atoms with van der Waals surface area (Å²) in [5.74, 6) is 0.609. The van der Waals surface area contributed by atoms with Gasteiger partial charge in [0.05, 0.1) is 18.5 Å². The number of aliphatic hydroxyl groups excluding tert-OH is 1. The van der Waals surface area contributed by atoms with E-state index in [1.807, 2.05) is 19.0 Å². The molecule has 1 fully saturated rings. The lowest BCUT2D eigenvalue weighted by Gasteiger charge is -2.27.